The molecule has 3 rings (SSSR count). The highest BCUT2D eigenvalue weighted by Gasteiger charge is 2.39. The summed E-state index contributed by atoms with van der Waals surface area (Å²) in [4.78, 5) is 9.25. The number of hydrogen-bond acceptors (Lipinski definition) is 5. The molecular formula is C13H18ClN3O2S. The lowest BCUT2D eigenvalue weighted by Crippen LogP contribution is -2.49. The number of nitrogens with zero attached hydrogens (tertiary/aromatic N) is 2. The minimum absolute atomic E-state index is 0.0954. The molecule has 0 bridgehead atoms. The van der Waals surface area contributed by atoms with Crippen molar-refractivity contribution in [2.75, 3.05) is 24.8 Å². The van der Waals surface area contributed by atoms with E-state index in [1.54, 1.807) is 7.11 Å². The molecule has 0 saturated heterocycles. The van der Waals surface area contributed by atoms with Crippen LogP contribution in [0.3, 0.4) is 0 Å². The summed E-state index contributed by atoms with van der Waals surface area (Å²) in [6.45, 7) is 0.621. The SMILES string of the molecule is COCC1(Nc2nc(Cl)nc3c2S(=O)CCC3)CCC1. The smallest absolute Gasteiger partial charge is 0.224 e. The molecule has 1 aliphatic carbocycles. The summed E-state index contributed by atoms with van der Waals surface area (Å²) >= 11 is 6.00. The van der Waals surface area contributed by atoms with Crippen LogP contribution in [0.15, 0.2) is 4.90 Å². The average Bonchev–Trinajstić information content (AvgIpc) is 2.35. The van der Waals surface area contributed by atoms with Crippen molar-refractivity contribution in [2.45, 2.75) is 42.5 Å². The van der Waals surface area contributed by atoms with Gasteiger partial charge in [-0.25, -0.2) is 4.98 Å². The largest absolute Gasteiger partial charge is 0.382 e. The number of hydrogen-bond donors (Lipinski definition) is 1. The Hall–Kier alpha value is -0.720. The Balaban J connectivity index is 1.96. The Morgan fingerprint density at radius 1 is 1.40 bits per heavy atom. The van der Waals surface area contributed by atoms with Crippen LogP contribution in [0.2, 0.25) is 5.28 Å². The maximum atomic E-state index is 12.3. The van der Waals surface area contributed by atoms with Gasteiger partial charge in [-0.05, 0) is 43.7 Å². The molecule has 0 spiro atoms. The Bertz CT molecular complexity index is 549. The van der Waals surface area contributed by atoms with Crippen LogP contribution in [0.4, 0.5) is 5.82 Å². The molecule has 2 heterocycles. The summed E-state index contributed by atoms with van der Waals surface area (Å²) in [7, 11) is 0.658. The molecule has 110 valence electrons. The van der Waals surface area contributed by atoms with Crippen molar-refractivity contribution in [1.82, 2.24) is 9.97 Å². The standard InChI is InChI=1S/C13H18ClN3O2S/c1-19-8-13(5-3-6-13)17-11-10-9(15-12(14)16-11)4-2-7-20(10)18/h2-8H2,1H3,(H,15,16,17). The highest BCUT2D eigenvalue weighted by atomic mass is 35.5. The second-order valence-electron chi connectivity index (χ2n) is 5.46. The van der Waals surface area contributed by atoms with Crippen molar-refractivity contribution < 1.29 is 8.95 Å². The number of fused-ring (bicyclic) bond motifs is 1. The zero-order valence-electron chi connectivity index (χ0n) is 11.4. The first-order valence-corrected chi connectivity index (χ1v) is 8.55. The number of halogens is 1. The van der Waals surface area contributed by atoms with E-state index in [4.69, 9.17) is 16.3 Å². The summed E-state index contributed by atoms with van der Waals surface area (Å²) in [6, 6.07) is 0. The normalized spacial score (nSPS) is 23.8. The van der Waals surface area contributed by atoms with Crippen LogP contribution in [-0.2, 0) is 22.0 Å². The van der Waals surface area contributed by atoms with Gasteiger partial charge in [0.1, 0.15) is 10.7 Å². The fourth-order valence-electron chi connectivity index (χ4n) is 2.87. The molecule has 1 atom stereocenters. The number of anilines is 1. The lowest BCUT2D eigenvalue weighted by molar-refractivity contribution is 0.0978. The molecule has 5 nitrogen and oxygen atoms in total. The number of ether oxygens (including phenoxy) is 1. The first kappa shape index (κ1) is 14.2. The van der Waals surface area contributed by atoms with Gasteiger partial charge in [-0.2, -0.15) is 4.98 Å². The third-order valence-corrected chi connectivity index (χ3v) is 5.71. The fourth-order valence-corrected chi connectivity index (χ4v) is 4.39. The van der Waals surface area contributed by atoms with E-state index in [-0.39, 0.29) is 10.8 Å². The quantitative estimate of drug-likeness (QED) is 0.863. The van der Waals surface area contributed by atoms with E-state index in [0.29, 0.717) is 18.2 Å². The van der Waals surface area contributed by atoms with E-state index in [1.165, 1.54) is 6.42 Å². The van der Waals surface area contributed by atoms with Gasteiger partial charge in [0.25, 0.3) is 0 Å². The number of rotatable bonds is 4. The average molecular weight is 316 g/mol. The molecule has 1 unspecified atom stereocenters. The fraction of sp³-hybridized carbons (Fsp3) is 0.692. The highest BCUT2D eigenvalue weighted by molar-refractivity contribution is 7.85. The van der Waals surface area contributed by atoms with Gasteiger partial charge in [0.2, 0.25) is 5.28 Å². The number of nitrogens with one attached hydrogen (secondary N) is 1. The van der Waals surface area contributed by atoms with Crippen molar-refractivity contribution in [3.63, 3.8) is 0 Å². The van der Waals surface area contributed by atoms with Crippen molar-refractivity contribution >= 4 is 28.2 Å². The molecule has 0 radical (unpaired) electrons. The Morgan fingerprint density at radius 2 is 2.20 bits per heavy atom. The topological polar surface area (TPSA) is 64.1 Å². The number of aryl methyl sites for hydroxylation is 1. The van der Waals surface area contributed by atoms with Gasteiger partial charge < -0.3 is 10.1 Å². The summed E-state index contributed by atoms with van der Waals surface area (Å²) in [6.07, 6.45) is 4.93. The Kier molecular flexibility index (Phi) is 3.97. The lowest BCUT2D eigenvalue weighted by atomic mass is 9.77. The van der Waals surface area contributed by atoms with Crippen LogP contribution in [0.1, 0.15) is 31.4 Å². The molecular weight excluding hydrogens is 298 g/mol. The second kappa shape index (κ2) is 5.58. The molecule has 2 aliphatic rings. The number of aromatic nitrogens is 2. The molecule has 0 amide bonds. The number of methoxy groups -OCH3 is 1. The predicted molar refractivity (Wildman–Crippen MR) is 78.7 cm³/mol. The van der Waals surface area contributed by atoms with Gasteiger partial charge in [-0.3, -0.25) is 4.21 Å². The molecule has 1 saturated carbocycles. The van der Waals surface area contributed by atoms with Crippen molar-refractivity contribution in [2.24, 2.45) is 0 Å². The predicted octanol–water partition coefficient (Wildman–Crippen LogP) is 2.16. The van der Waals surface area contributed by atoms with Crippen LogP contribution < -0.4 is 5.32 Å². The molecule has 1 N–H and O–H groups in total. The van der Waals surface area contributed by atoms with Gasteiger partial charge in [0.05, 0.1) is 28.6 Å². The van der Waals surface area contributed by atoms with Crippen LogP contribution in [0.25, 0.3) is 0 Å². The molecule has 20 heavy (non-hydrogen) atoms. The van der Waals surface area contributed by atoms with Gasteiger partial charge in [0, 0.05) is 12.9 Å². The zero-order chi connectivity index (χ0) is 14.2. The Labute approximate surface area is 125 Å². The van der Waals surface area contributed by atoms with Crippen molar-refractivity contribution in [3.05, 3.63) is 11.0 Å². The van der Waals surface area contributed by atoms with E-state index in [1.807, 2.05) is 0 Å². The van der Waals surface area contributed by atoms with E-state index in [2.05, 4.69) is 15.3 Å². The van der Waals surface area contributed by atoms with Crippen LogP contribution in [0.5, 0.6) is 0 Å². The van der Waals surface area contributed by atoms with Crippen LogP contribution >= 0.6 is 11.6 Å². The van der Waals surface area contributed by atoms with E-state index >= 15 is 0 Å². The molecule has 7 heteroatoms. The minimum atomic E-state index is -1.04. The summed E-state index contributed by atoms with van der Waals surface area (Å²) in [5.74, 6) is 1.30. The first-order valence-electron chi connectivity index (χ1n) is 6.85. The molecule has 0 aromatic carbocycles. The van der Waals surface area contributed by atoms with Crippen LogP contribution in [0, 0.1) is 0 Å². The third kappa shape index (κ3) is 2.56. The molecule has 1 aliphatic heterocycles. The summed E-state index contributed by atoms with van der Waals surface area (Å²) in [5.41, 5.74) is 0.728. The summed E-state index contributed by atoms with van der Waals surface area (Å²) < 4.78 is 17.6. The van der Waals surface area contributed by atoms with Gasteiger partial charge >= 0.3 is 0 Å². The van der Waals surface area contributed by atoms with Gasteiger partial charge in [0.15, 0.2) is 0 Å². The van der Waals surface area contributed by atoms with Crippen molar-refractivity contribution in [3.8, 4) is 0 Å². The Morgan fingerprint density at radius 3 is 2.85 bits per heavy atom. The minimum Gasteiger partial charge on any atom is -0.382 e. The lowest BCUT2D eigenvalue weighted by Gasteiger charge is -2.42. The molecule has 1 aromatic heterocycles. The maximum absolute atomic E-state index is 12.3. The summed E-state index contributed by atoms with van der Waals surface area (Å²) in [5, 5.41) is 3.66. The van der Waals surface area contributed by atoms with E-state index in [9.17, 15) is 4.21 Å². The van der Waals surface area contributed by atoms with Crippen molar-refractivity contribution in [1.29, 1.82) is 0 Å². The van der Waals surface area contributed by atoms with Gasteiger partial charge in [-0.15, -0.1) is 0 Å². The zero-order valence-corrected chi connectivity index (χ0v) is 13.0. The maximum Gasteiger partial charge on any atom is 0.224 e. The van der Waals surface area contributed by atoms with Crippen LogP contribution in [-0.4, -0.2) is 39.2 Å². The van der Waals surface area contributed by atoms with Gasteiger partial charge in [-0.1, -0.05) is 0 Å². The highest BCUT2D eigenvalue weighted by Crippen LogP contribution is 2.38. The third-order valence-electron chi connectivity index (χ3n) is 3.99. The van der Waals surface area contributed by atoms with E-state index < -0.39 is 10.8 Å². The molecule has 1 aromatic rings. The first-order chi connectivity index (χ1) is 9.63. The van der Waals surface area contributed by atoms with E-state index in [0.717, 1.165) is 36.3 Å². The monoisotopic (exact) mass is 315 g/mol. The molecule has 1 fully saturated rings. The second-order valence-corrected chi connectivity index (χ2v) is 7.31.